The van der Waals surface area contributed by atoms with Crippen molar-refractivity contribution in [2.75, 3.05) is 45.6 Å². The highest BCUT2D eigenvalue weighted by atomic mass is 32.2. The quantitative estimate of drug-likeness (QED) is 0.699. The lowest BCUT2D eigenvalue weighted by Crippen LogP contribution is -2.39. The van der Waals surface area contributed by atoms with Crippen molar-refractivity contribution < 1.29 is 17.9 Å². The SMILES string of the molecule is CS(=O)(=O)NCCCN1CCC(C2OCCO2)CC1. The van der Waals surface area contributed by atoms with E-state index in [1.165, 1.54) is 6.26 Å². The average Bonchev–Trinajstić information content (AvgIpc) is 2.88. The fraction of sp³-hybridized carbons (Fsp3) is 1.00. The minimum Gasteiger partial charge on any atom is -0.350 e. The van der Waals surface area contributed by atoms with Gasteiger partial charge >= 0.3 is 0 Å². The first-order chi connectivity index (χ1) is 9.04. The molecule has 0 aromatic rings. The van der Waals surface area contributed by atoms with Crippen LogP contribution < -0.4 is 4.72 Å². The van der Waals surface area contributed by atoms with Gasteiger partial charge in [0.2, 0.25) is 10.0 Å². The van der Waals surface area contributed by atoms with E-state index in [0.717, 1.165) is 52.1 Å². The zero-order valence-corrected chi connectivity index (χ0v) is 12.3. The fourth-order valence-electron chi connectivity index (χ4n) is 2.66. The van der Waals surface area contributed by atoms with Crippen molar-refractivity contribution >= 4 is 10.0 Å². The molecule has 7 heteroatoms. The molecule has 6 nitrogen and oxygen atoms in total. The van der Waals surface area contributed by atoms with Gasteiger partial charge in [0.25, 0.3) is 0 Å². The number of ether oxygens (including phenoxy) is 2. The first-order valence-corrected chi connectivity index (χ1v) is 8.84. The summed E-state index contributed by atoms with van der Waals surface area (Å²) in [6, 6.07) is 0. The molecule has 0 saturated carbocycles. The van der Waals surface area contributed by atoms with Crippen LogP contribution in [0.5, 0.6) is 0 Å². The van der Waals surface area contributed by atoms with E-state index in [-0.39, 0.29) is 6.29 Å². The molecule has 2 aliphatic rings. The molecule has 0 spiro atoms. The second-order valence-electron chi connectivity index (χ2n) is 5.31. The molecule has 2 fully saturated rings. The molecule has 2 saturated heterocycles. The van der Waals surface area contributed by atoms with Gasteiger partial charge < -0.3 is 14.4 Å². The van der Waals surface area contributed by atoms with Crippen molar-refractivity contribution in [2.45, 2.75) is 25.6 Å². The fourth-order valence-corrected chi connectivity index (χ4v) is 3.17. The van der Waals surface area contributed by atoms with Gasteiger partial charge in [-0.1, -0.05) is 0 Å². The van der Waals surface area contributed by atoms with Crippen LogP contribution in [0.1, 0.15) is 19.3 Å². The second-order valence-corrected chi connectivity index (χ2v) is 7.14. The second kappa shape index (κ2) is 6.99. The monoisotopic (exact) mass is 292 g/mol. The van der Waals surface area contributed by atoms with E-state index in [1.807, 2.05) is 0 Å². The highest BCUT2D eigenvalue weighted by Crippen LogP contribution is 2.25. The van der Waals surface area contributed by atoms with Gasteiger partial charge in [0.15, 0.2) is 6.29 Å². The largest absolute Gasteiger partial charge is 0.350 e. The zero-order valence-electron chi connectivity index (χ0n) is 11.5. The summed E-state index contributed by atoms with van der Waals surface area (Å²) < 4.78 is 35.5. The highest BCUT2D eigenvalue weighted by Gasteiger charge is 2.30. The van der Waals surface area contributed by atoms with E-state index in [1.54, 1.807) is 0 Å². The Balaban J connectivity index is 1.58. The predicted molar refractivity (Wildman–Crippen MR) is 72.3 cm³/mol. The van der Waals surface area contributed by atoms with Crippen molar-refractivity contribution in [1.29, 1.82) is 0 Å². The smallest absolute Gasteiger partial charge is 0.208 e. The summed E-state index contributed by atoms with van der Waals surface area (Å²) in [5, 5.41) is 0. The maximum absolute atomic E-state index is 10.9. The molecule has 0 aromatic carbocycles. The van der Waals surface area contributed by atoms with Gasteiger partial charge in [-0.05, 0) is 38.9 Å². The molecule has 0 amide bonds. The molecule has 0 aliphatic carbocycles. The number of likely N-dealkylation sites (tertiary alicyclic amines) is 1. The van der Waals surface area contributed by atoms with Crippen LogP contribution in [0.15, 0.2) is 0 Å². The van der Waals surface area contributed by atoms with E-state index in [0.29, 0.717) is 12.5 Å². The summed E-state index contributed by atoms with van der Waals surface area (Å²) in [5.74, 6) is 0.521. The molecule has 0 unspecified atom stereocenters. The Bertz CT molecular complexity index is 360. The number of sulfonamides is 1. The number of piperidine rings is 1. The lowest BCUT2D eigenvalue weighted by atomic mass is 9.96. The molecule has 2 rings (SSSR count). The zero-order chi connectivity index (χ0) is 13.7. The van der Waals surface area contributed by atoms with E-state index in [4.69, 9.17) is 9.47 Å². The van der Waals surface area contributed by atoms with Crippen molar-refractivity contribution in [3.05, 3.63) is 0 Å². The normalized spacial score (nSPS) is 24.1. The first kappa shape index (κ1) is 15.2. The maximum atomic E-state index is 10.9. The van der Waals surface area contributed by atoms with E-state index < -0.39 is 10.0 Å². The molecule has 2 heterocycles. The Kier molecular flexibility index (Phi) is 5.58. The van der Waals surface area contributed by atoms with Crippen LogP contribution in [0.4, 0.5) is 0 Å². The third kappa shape index (κ3) is 5.35. The van der Waals surface area contributed by atoms with Gasteiger partial charge in [-0.15, -0.1) is 0 Å². The molecular weight excluding hydrogens is 268 g/mol. The highest BCUT2D eigenvalue weighted by molar-refractivity contribution is 7.88. The Labute approximate surface area is 115 Å². The Morgan fingerprint density at radius 2 is 1.84 bits per heavy atom. The third-order valence-corrected chi connectivity index (χ3v) is 4.41. The molecule has 0 aromatic heterocycles. The standard InChI is InChI=1S/C12H24N2O4S/c1-19(15,16)13-5-2-6-14-7-3-11(4-8-14)12-17-9-10-18-12/h11-13H,2-10H2,1H3. The van der Waals surface area contributed by atoms with Gasteiger partial charge in [-0.2, -0.15) is 0 Å². The third-order valence-electron chi connectivity index (χ3n) is 3.68. The molecule has 2 aliphatic heterocycles. The minimum atomic E-state index is -3.05. The van der Waals surface area contributed by atoms with Gasteiger partial charge in [0.05, 0.1) is 19.5 Å². The van der Waals surface area contributed by atoms with E-state index in [9.17, 15) is 8.42 Å². The summed E-state index contributed by atoms with van der Waals surface area (Å²) >= 11 is 0. The maximum Gasteiger partial charge on any atom is 0.208 e. The van der Waals surface area contributed by atoms with Crippen molar-refractivity contribution in [3.63, 3.8) is 0 Å². The summed E-state index contributed by atoms with van der Waals surface area (Å²) in [4.78, 5) is 2.38. The average molecular weight is 292 g/mol. The number of rotatable bonds is 6. The molecule has 1 N–H and O–H groups in total. The van der Waals surface area contributed by atoms with Gasteiger partial charge in [0, 0.05) is 12.5 Å². The van der Waals surface area contributed by atoms with Crippen molar-refractivity contribution in [3.8, 4) is 0 Å². The molecular formula is C12H24N2O4S. The van der Waals surface area contributed by atoms with E-state index >= 15 is 0 Å². The van der Waals surface area contributed by atoms with Gasteiger partial charge in [-0.3, -0.25) is 0 Å². The summed E-state index contributed by atoms with van der Waals surface area (Å²) in [5.41, 5.74) is 0. The Hall–Kier alpha value is -0.210. The molecule has 0 atom stereocenters. The molecule has 112 valence electrons. The topological polar surface area (TPSA) is 67.9 Å². The number of hydrogen-bond acceptors (Lipinski definition) is 5. The summed E-state index contributed by atoms with van der Waals surface area (Å²) in [6.07, 6.45) is 4.26. The lowest BCUT2D eigenvalue weighted by Gasteiger charge is -2.33. The van der Waals surface area contributed by atoms with Crippen LogP contribution >= 0.6 is 0 Å². The van der Waals surface area contributed by atoms with Crippen LogP contribution in [-0.2, 0) is 19.5 Å². The van der Waals surface area contributed by atoms with Crippen molar-refractivity contribution in [1.82, 2.24) is 9.62 Å². The predicted octanol–water partition coefficient (Wildman–Crippen LogP) is 0.0106. The van der Waals surface area contributed by atoms with E-state index in [2.05, 4.69) is 9.62 Å². The van der Waals surface area contributed by atoms with Crippen LogP contribution in [0.3, 0.4) is 0 Å². The number of nitrogens with one attached hydrogen (secondary N) is 1. The number of nitrogens with zero attached hydrogens (tertiary/aromatic N) is 1. The van der Waals surface area contributed by atoms with Gasteiger partial charge in [-0.25, -0.2) is 13.1 Å². The molecule has 0 bridgehead atoms. The summed E-state index contributed by atoms with van der Waals surface area (Å²) in [7, 11) is -3.05. The van der Waals surface area contributed by atoms with Crippen molar-refractivity contribution in [2.24, 2.45) is 5.92 Å². The molecule has 19 heavy (non-hydrogen) atoms. The Morgan fingerprint density at radius 1 is 1.21 bits per heavy atom. The molecule has 0 radical (unpaired) electrons. The Morgan fingerprint density at radius 3 is 2.42 bits per heavy atom. The summed E-state index contributed by atoms with van der Waals surface area (Å²) in [6.45, 7) is 5.01. The van der Waals surface area contributed by atoms with Gasteiger partial charge in [0.1, 0.15) is 0 Å². The first-order valence-electron chi connectivity index (χ1n) is 6.95. The lowest BCUT2D eigenvalue weighted by molar-refractivity contribution is -0.0973. The minimum absolute atomic E-state index is 0.00838. The van der Waals surface area contributed by atoms with Crippen LogP contribution in [0, 0.1) is 5.92 Å². The van der Waals surface area contributed by atoms with Crippen LogP contribution in [0.2, 0.25) is 0 Å². The number of hydrogen-bond donors (Lipinski definition) is 1. The van der Waals surface area contributed by atoms with Crippen LogP contribution in [0.25, 0.3) is 0 Å². The van der Waals surface area contributed by atoms with Crippen LogP contribution in [-0.4, -0.2) is 65.3 Å².